The van der Waals surface area contributed by atoms with E-state index >= 15 is 0 Å². The minimum absolute atomic E-state index is 0.930. The summed E-state index contributed by atoms with van der Waals surface area (Å²) in [5, 5.41) is 7.66. The van der Waals surface area contributed by atoms with E-state index in [2.05, 4.69) is 65.1 Å². The van der Waals surface area contributed by atoms with Crippen LogP contribution < -0.4 is 5.32 Å². The van der Waals surface area contributed by atoms with Crippen LogP contribution in [0.3, 0.4) is 0 Å². The van der Waals surface area contributed by atoms with Crippen LogP contribution in [0.1, 0.15) is 18.1 Å². The smallest absolute Gasteiger partial charge is 0.0648 e. The molecule has 0 aliphatic carbocycles. The molecule has 17 heavy (non-hydrogen) atoms. The third kappa shape index (κ3) is 3.07. The SMILES string of the molecule is CCNCc1ccc(-n2cc(I)cn2)cc1C. The predicted molar refractivity (Wildman–Crippen MR) is 78.4 cm³/mol. The summed E-state index contributed by atoms with van der Waals surface area (Å²) in [5.41, 5.74) is 3.76. The zero-order valence-electron chi connectivity index (χ0n) is 10.1. The Hall–Kier alpha value is -0.880. The van der Waals surface area contributed by atoms with E-state index in [1.54, 1.807) is 0 Å². The van der Waals surface area contributed by atoms with Crippen molar-refractivity contribution >= 4 is 22.6 Å². The maximum atomic E-state index is 4.31. The summed E-state index contributed by atoms with van der Waals surface area (Å²) in [5.74, 6) is 0. The average Bonchev–Trinajstić information content (AvgIpc) is 2.74. The maximum Gasteiger partial charge on any atom is 0.0648 e. The quantitative estimate of drug-likeness (QED) is 0.867. The number of aryl methyl sites for hydroxylation is 1. The number of rotatable bonds is 4. The Kier molecular flexibility index (Phi) is 4.17. The van der Waals surface area contributed by atoms with Crippen LogP contribution >= 0.6 is 22.6 Å². The van der Waals surface area contributed by atoms with Crippen LogP contribution in [-0.2, 0) is 6.54 Å². The Morgan fingerprint density at radius 2 is 2.24 bits per heavy atom. The number of benzene rings is 1. The summed E-state index contributed by atoms with van der Waals surface area (Å²) in [4.78, 5) is 0. The molecule has 4 heteroatoms. The summed E-state index contributed by atoms with van der Waals surface area (Å²) in [7, 11) is 0. The summed E-state index contributed by atoms with van der Waals surface area (Å²) in [6, 6.07) is 6.46. The molecule has 0 amide bonds. The van der Waals surface area contributed by atoms with Crippen molar-refractivity contribution in [3.8, 4) is 5.69 Å². The van der Waals surface area contributed by atoms with Crippen molar-refractivity contribution in [1.82, 2.24) is 15.1 Å². The van der Waals surface area contributed by atoms with Crippen LogP contribution in [0, 0.1) is 10.5 Å². The van der Waals surface area contributed by atoms with E-state index in [-0.39, 0.29) is 0 Å². The van der Waals surface area contributed by atoms with Gasteiger partial charge in [-0.05, 0) is 59.3 Å². The van der Waals surface area contributed by atoms with Gasteiger partial charge in [-0.1, -0.05) is 13.0 Å². The molecule has 3 nitrogen and oxygen atoms in total. The normalized spacial score (nSPS) is 10.8. The fraction of sp³-hybridized carbons (Fsp3) is 0.308. The largest absolute Gasteiger partial charge is 0.313 e. The van der Waals surface area contributed by atoms with Crippen molar-refractivity contribution in [1.29, 1.82) is 0 Å². The lowest BCUT2D eigenvalue weighted by Gasteiger charge is -2.09. The Labute approximate surface area is 115 Å². The third-order valence-electron chi connectivity index (χ3n) is 2.71. The minimum atomic E-state index is 0.930. The number of hydrogen-bond acceptors (Lipinski definition) is 2. The van der Waals surface area contributed by atoms with Crippen molar-refractivity contribution in [2.75, 3.05) is 6.54 Å². The van der Waals surface area contributed by atoms with E-state index in [4.69, 9.17) is 0 Å². The highest BCUT2D eigenvalue weighted by Crippen LogP contribution is 2.15. The van der Waals surface area contributed by atoms with Gasteiger partial charge in [0.25, 0.3) is 0 Å². The van der Waals surface area contributed by atoms with Crippen molar-refractivity contribution in [3.63, 3.8) is 0 Å². The highest BCUT2D eigenvalue weighted by Gasteiger charge is 2.02. The summed E-state index contributed by atoms with van der Waals surface area (Å²) < 4.78 is 3.06. The van der Waals surface area contributed by atoms with Crippen LogP contribution in [0.25, 0.3) is 5.69 Å². The predicted octanol–water partition coefficient (Wildman–Crippen LogP) is 2.89. The lowest BCUT2D eigenvalue weighted by atomic mass is 10.1. The molecule has 0 radical (unpaired) electrons. The van der Waals surface area contributed by atoms with Gasteiger partial charge in [-0.15, -0.1) is 0 Å². The Morgan fingerprint density at radius 3 is 2.82 bits per heavy atom. The zero-order chi connectivity index (χ0) is 12.3. The van der Waals surface area contributed by atoms with Gasteiger partial charge in [0, 0.05) is 12.7 Å². The van der Waals surface area contributed by atoms with E-state index < -0.39 is 0 Å². The van der Waals surface area contributed by atoms with Crippen LogP contribution in [-0.4, -0.2) is 16.3 Å². The summed E-state index contributed by atoms with van der Waals surface area (Å²) >= 11 is 2.27. The molecule has 2 aromatic rings. The van der Waals surface area contributed by atoms with Gasteiger partial charge in [0.2, 0.25) is 0 Å². The lowest BCUT2D eigenvalue weighted by Crippen LogP contribution is -2.12. The molecule has 0 aliphatic rings. The maximum absolute atomic E-state index is 4.31. The number of nitrogens with zero attached hydrogens (tertiary/aromatic N) is 2. The van der Waals surface area contributed by atoms with E-state index in [1.165, 1.54) is 11.1 Å². The highest BCUT2D eigenvalue weighted by molar-refractivity contribution is 14.1. The van der Waals surface area contributed by atoms with Crippen LogP contribution in [0.2, 0.25) is 0 Å². The molecule has 2 rings (SSSR count). The molecule has 1 aromatic heterocycles. The lowest BCUT2D eigenvalue weighted by molar-refractivity contribution is 0.723. The molecule has 1 heterocycles. The van der Waals surface area contributed by atoms with E-state index in [1.807, 2.05) is 17.1 Å². The zero-order valence-corrected chi connectivity index (χ0v) is 12.2. The Balaban J connectivity index is 2.24. The molecular weight excluding hydrogens is 325 g/mol. The molecule has 1 N–H and O–H groups in total. The van der Waals surface area contributed by atoms with Crippen molar-refractivity contribution in [3.05, 3.63) is 45.3 Å². The number of hydrogen-bond donors (Lipinski definition) is 1. The number of halogens is 1. The first-order chi connectivity index (χ1) is 8.20. The van der Waals surface area contributed by atoms with Crippen molar-refractivity contribution in [2.24, 2.45) is 0 Å². The van der Waals surface area contributed by atoms with Gasteiger partial charge in [-0.3, -0.25) is 0 Å². The van der Waals surface area contributed by atoms with Crippen molar-refractivity contribution < 1.29 is 0 Å². The average molecular weight is 341 g/mol. The second-order valence-corrected chi connectivity index (χ2v) is 5.24. The Morgan fingerprint density at radius 1 is 1.41 bits per heavy atom. The first-order valence-corrected chi connectivity index (χ1v) is 6.79. The monoisotopic (exact) mass is 341 g/mol. The van der Waals surface area contributed by atoms with Crippen LogP contribution in [0.4, 0.5) is 0 Å². The van der Waals surface area contributed by atoms with Gasteiger partial charge in [0.05, 0.1) is 15.5 Å². The minimum Gasteiger partial charge on any atom is -0.313 e. The van der Waals surface area contributed by atoms with Gasteiger partial charge in [-0.2, -0.15) is 5.10 Å². The Bertz CT molecular complexity index is 505. The molecule has 0 saturated carbocycles. The van der Waals surface area contributed by atoms with Crippen molar-refractivity contribution in [2.45, 2.75) is 20.4 Å². The standard InChI is InChI=1S/C13H16IN3/c1-3-15-7-11-4-5-13(6-10(11)2)17-9-12(14)8-16-17/h4-6,8-9,15H,3,7H2,1-2H3. The summed E-state index contributed by atoms with van der Waals surface area (Å²) in [6.45, 7) is 6.19. The topological polar surface area (TPSA) is 29.9 Å². The van der Waals surface area contributed by atoms with E-state index in [0.29, 0.717) is 0 Å². The molecule has 0 spiro atoms. The first kappa shape index (κ1) is 12.6. The summed E-state index contributed by atoms with van der Waals surface area (Å²) in [6.07, 6.45) is 3.89. The fourth-order valence-electron chi connectivity index (χ4n) is 1.72. The molecule has 1 aromatic carbocycles. The molecule has 0 fully saturated rings. The van der Waals surface area contributed by atoms with Gasteiger partial charge >= 0.3 is 0 Å². The molecule has 0 aliphatic heterocycles. The second-order valence-electron chi connectivity index (χ2n) is 3.99. The second kappa shape index (κ2) is 5.64. The van der Waals surface area contributed by atoms with Gasteiger partial charge < -0.3 is 5.32 Å². The van der Waals surface area contributed by atoms with Gasteiger partial charge in [0.1, 0.15) is 0 Å². The third-order valence-corrected chi connectivity index (χ3v) is 3.26. The molecule has 90 valence electrons. The number of aromatic nitrogens is 2. The molecule has 0 bridgehead atoms. The highest BCUT2D eigenvalue weighted by atomic mass is 127. The fourth-order valence-corrected chi connectivity index (χ4v) is 2.11. The molecular formula is C13H16IN3. The van der Waals surface area contributed by atoms with E-state index in [9.17, 15) is 0 Å². The van der Waals surface area contributed by atoms with Gasteiger partial charge in [0.15, 0.2) is 0 Å². The van der Waals surface area contributed by atoms with E-state index in [0.717, 1.165) is 22.3 Å². The van der Waals surface area contributed by atoms with Crippen LogP contribution in [0.15, 0.2) is 30.6 Å². The molecule has 0 saturated heterocycles. The number of nitrogens with one attached hydrogen (secondary N) is 1. The first-order valence-electron chi connectivity index (χ1n) is 5.71. The van der Waals surface area contributed by atoms with Crippen LogP contribution in [0.5, 0.6) is 0 Å². The molecule has 0 unspecified atom stereocenters. The molecule has 0 atom stereocenters. The van der Waals surface area contributed by atoms with Gasteiger partial charge in [-0.25, -0.2) is 4.68 Å².